The van der Waals surface area contributed by atoms with Gasteiger partial charge in [-0.2, -0.15) is 0 Å². The van der Waals surface area contributed by atoms with Crippen molar-refractivity contribution in [1.29, 1.82) is 0 Å². The van der Waals surface area contributed by atoms with E-state index in [1.807, 2.05) is 24.3 Å². The van der Waals surface area contributed by atoms with Gasteiger partial charge in [0.1, 0.15) is 12.6 Å². The number of rotatable bonds is 3. The number of fused-ring (bicyclic) bond motifs is 4. The van der Waals surface area contributed by atoms with Gasteiger partial charge >= 0.3 is 12.1 Å². The van der Waals surface area contributed by atoms with Crippen LogP contribution >= 0.6 is 0 Å². The van der Waals surface area contributed by atoms with Gasteiger partial charge in [0.2, 0.25) is 0 Å². The molecule has 2 fully saturated rings. The standard InChI is InChI=1S/C21H19NO4/c23-20(24)19-17-9-12(17)10-22(19)21(25)26-11-18-15-7-3-1-5-13(15)14-6-2-4-8-16(14)18/h1-8,12,17-19H,9-11H2,(H,23,24)/t12-,17-,19?/m0/s1. The van der Waals surface area contributed by atoms with E-state index in [2.05, 4.69) is 24.3 Å². The summed E-state index contributed by atoms with van der Waals surface area (Å²) in [6.07, 6.45) is 0.399. The largest absolute Gasteiger partial charge is 0.480 e. The first kappa shape index (κ1) is 15.4. The summed E-state index contributed by atoms with van der Waals surface area (Å²) in [6, 6.07) is 15.6. The van der Waals surface area contributed by atoms with Crippen LogP contribution < -0.4 is 0 Å². The molecule has 1 aliphatic heterocycles. The molecule has 0 radical (unpaired) electrons. The van der Waals surface area contributed by atoms with Crippen LogP contribution in [0.2, 0.25) is 0 Å². The Balaban J connectivity index is 1.36. The summed E-state index contributed by atoms with van der Waals surface area (Å²) in [5.74, 6) is -0.500. The predicted molar refractivity (Wildman–Crippen MR) is 94.8 cm³/mol. The molecule has 5 heteroatoms. The molecule has 2 aromatic carbocycles. The number of carboxylic acids is 1. The van der Waals surface area contributed by atoms with Gasteiger partial charge in [0.25, 0.3) is 0 Å². The number of carbonyl (C=O) groups is 2. The van der Waals surface area contributed by atoms with Crippen molar-refractivity contribution in [3.63, 3.8) is 0 Å². The maximum atomic E-state index is 12.5. The highest BCUT2D eigenvalue weighted by Crippen LogP contribution is 2.50. The molecule has 2 aromatic rings. The molecular formula is C21H19NO4. The fourth-order valence-electron chi connectivity index (χ4n) is 4.65. The lowest BCUT2D eigenvalue weighted by molar-refractivity contribution is -0.142. The molecule has 26 heavy (non-hydrogen) atoms. The molecule has 5 rings (SSSR count). The minimum absolute atomic E-state index is 0.00762. The van der Waals surface area contributed by atoms with E-state index in [4.69, 9.17) is 4.74 Å². The van der Waals surface area contributed by atoms with Crippen molar-refractivity contribution < 1.29 is 19.4 Å². The Labute approximate surface area is 151 Å². The van der Waals surface area contributed by atoms with Crippen LogP contribution in [0.25, 0.3) is 11.1 Å². The highest BCUT2D eigenvalue weighted by molar-refractivity contribution is 5.82. The summed E-state index contributed by atoms with van der Waals surface area (Å²) < 4.78 is 5.60. The van der Waals surface area contributed by atoms with E-state index >= 15 is 0 Å². The molecule has 0 bridgehead atoms. The van der Waals surface area contributed by atoms with Gasteiger partial charge in [0.15, 0.2) is 0 Å². The van der Waals surface area contributed by atoms with Gasteiger partial charge in [0, 0.05) is 12.5 Å². The van der Waals surface area contributed by atoms with E-state index in [-0.39, 0.29) is 18.4 Å². The zero-order chi connectivity index (χ0) is 17.8. The van der Waals surface area contributed by atoms with E-state index in [1.165, 1.54) is 16.0 Å². The van der Waals surface area contributed by atoms with Crippen LogP contribution in [-0.2, 0) is 9.53 Å². The normalized spacial score (nSPS) is 25.4. The number of nitrogens with zero attached hydrogens (tertiary/aromatic N) is 1. The number of amides is 1. The second-order valence-electron chi connectivity index (χ2n) is 7.40. The van der Waals surface area contributed by atoms with Gasteiger partial charge in [-0.3, -0.25) is 4.90 Å². The Kier molecular flexibility index (Phi) is 3.32. The fourth-order valence-corrected chi connectivity index (χ4v) is 4.65. The van der Waals surface area contributed by atoms with Crippen LogP contribution in [0.5, 0.6) is 0 Å². The van der Waals surface area contributed by atoms with E-state index < -0.39 is 18.1 Å². The molecule has 1 saturated carbocycles. The molecule has 0 spiro atoms. The fraction of sp³-hybridized carbons (Fsp3) is 0.333. The zero-order valence-electron chi connectivity index (χ0n) is 14.2. The topological polar surface area (TPSA) is 66.8 Å². The van der Waals surface area contributed by atoms with Crippen LogP contribution in [0, 0.1) is 11.8 Å². The van der Waals surface area contributed by atoms with Crippen molar-refractivity contribution >= 4 is 12.1 Å². The lowest BCUT2D eigenvalue weighted by Crippen LogP contribution is -2.43. The summed E-state index contributed by atoms with van der Waals surface area (Å²) in [5, 5.41) is 9.42. The summed E-state index contributed by atoms with van der Waals surface area (Å²) in [7, 11) is 0. The first-order valence-electron chi connectivity index (χ1n) is 8.99. The van der Waals surface area contributed by atoms with E-state index in [9.17, 15) is 14.7 Å². The Morgan fingerprint density at radius 1 is 1.04 bits per heavy atom. The molecule has 3 atom stereocenters. The summed E-state index contributed by atoms with van der Waals surface area (Å²) >= 11 is 0. The lowest BCUT2D eigenvalue weighted by atomic mass is 9.98. The Hall–Kier alpha value is -2.82. The molecular weight excluding hydrogens is 330 g/mol. The molecule has 2 aliphatic carbocycles. The molecule has 132 valence electrons. The minimum Gasteiger partial charge on any atom is -0.480 e. The third-order valence-electron chi connectivity index (χ3n) is 5.97. The van der Waals surface area contributed by atoms with E-state index in [1.54, 1.807) is 0 Å². The average Bonchev–Trinajstić information content (AvgIpc) is 3.19. The number of carboxylic acid groups (broad SMARTS) is 1. The van der Waals surface area contributed by atoms with Gasteiger partial charge in [-0.25, -0.2) is 9.59 Å². The predicted octanol–water partition coefficient (Wildman–Crippen LogP) is 3.34. The molecule has 5 nitrogen and oxygen atoms in total. The second kappa shape index (κ2) is 5.59. The smallest absolute Gasteiger partial charge is 0.410 e. The molecule has 1 heterocycles. The van der Waals surface area contributed by atoms with Crippen molar-refractivity contribution in [1.82, 2.24) is 4.90 Å². The number of hydrogen-bond acceptors (Lipinski definition) is 3. The van der Waals surface area contributed by atoms with Crippen LogP contribution in [0.15, 0.2) is 48.5 Å². The molecule has 0 aromatic heterocycles. The highest BCUT2D eigenvalue weighted by Gasteiger charge is 2.57. The van der Waals surface area contributed by atoms with Gasteiger partial charge in [-0.05, 0) is 40.5 Å². The summed E-state index contributed by atoms with van der Waals surface area (Å²) in [4.78, 5) is 25.4. The maximum Gasteiger partial charge on any atom is 0.410 e. The molecule has 1 amide bonds. The third-order valence-corrected chi connectivity index (χ3v) is 5.97. The van der Waals surface area contributed by atoms with Gasteiger partial charge in [0.05, 0.1) is 0 Å². The zero-order valence-corrected chi connectivity index (χ0v) is 14.2. The number of ether oxygens (including phenoxy) is 1. The molecule has 3 aliphatic rings. The van der Waals surface area contributed by atoms with Crippen LogP contribution in [-0.4, -0.2) is 41.3 Å². The number of piperidine rings is 1. The number of benzene rings is 2. The number of likely N-dealkylation sites (tertiary alicyclic amines) is 1. The monoisotopic (exact) mass is 349 g/mol. The molecule has 1 saturated heterocycles. The van der Waals surface area contributed by atoms with Crippen LogP contribution in [0.1, 0.15) is 23.5 Å². The Morgan fingerprint density at radius 3 is 2.27 bits per heavy atom. The van der Waals surface area contributed by atoms with Crippen molar-refractivity contribution in [3.05, 3.63) is 59.7 Å². The summed E-state index contributed by atoms with van der Waals surface area (Å²) in [5.41, 5.74) is 4.66. The van der Waals surface area contributed by atoms with Gasteiger partial charge in [-0.1, -0.05) is 48.5 Å². The third kappa shape index (κ3) is 2.23. The number of aliphatic carboxylic acids is 1. The van der Waals surface area contributed by atoms with E-state index in [0.29, 0.717) is 12.5 Å². The SMILES string of the molecule is O=C(O)C1[C@H]2C[C@H]2CN1C(=O)OCC1c2ccccc2-c2ccccc21. The maximum absolute atomic E-state index is 12.5. The minimum atomic E-state index is -0.927. The Bertz CT molecular complexity index is 863. The van der Waals surface area contributed by atoms with E-state index in [0.717, 1.165) is 17.5 Å². The molecule has 1 N–H and O–H groups in total. The highest BCUT2D eigenvalue weighted by atomic mass is 16.6. The van der Waals surface area contributed by atoms with Crippen molar-refractivity contribution in [2.45, 2.75) is 18.4 Å². The number of carbonyl (C=O) groups excluding carboxylic acids is 1. The van der Waals surface area contributed by atoms with Crippen molar-refractivity contribution in [2.75, 3.05) is 13.2 Å². The molecule has 1 unspecified atom stereocenters. The van der Waals surface area contributed by atoms with Crippen molar-refractivity contribution in [3.8, 4) is 11.1 Å². The average molecular weight is 349 g/mol. The van der Waals surface area contributed by atoms with Crippen molar-refractivity contribution in [2.24, 2.45) is 11.8 Å². The Morgan fingerprint density at radius 2 is 1.65 bits per heavy atom. The first-order chi connectivity index (χ1) is 12.6. The lowest BCUT2D eigenvalue weighted by Gasteiger charge is -2.24. The van der Waals surface area contributed by atoms with Crippen LogP contribution in [0.3, 0.4) is 0 Å². The van der Waals surface area contributed by atoms with Gasteiger partial charge < -0.3 is 9.84 Å². The van der Waals surface area contributed by atoms with Crippen LogP contribution in [0.4, 0.5) is 4.79 Å². The summed E-state index contributed by atoms with van der Waals surface area (Å²) in [6.45, 7) is 0.726. The quantitative estimate of drug-likeness (QED) is 0.923. The second-order valence-corrected chi connectivity index (χ2v) is 7.40. The van der Waals surface area contributed by atoms with Gasteiger partial charge in [-0.15, -0.1) is 0 Å². The first-order valence-corrected chi connectivity index (χ1v) is 8.99. The number of hydrogen-bond donors (Lipinski definition) is 1.